The number of aliphatic hydroxyl groups is 1. The van der Waals surface area contributed by atoms with Crippen LogP contribution in [0.5, 0.6) is 0 Å². The molecule has 0 aromatic carbocycles. The van der Waals surface area contributed by atoms with Crippen molar-refractivity contribution in [2.75, 3.05) is 39.6 Å². The number of rotatable bonds is 74. The Morgan fingerprint density at radius 3 is 0.721 bits per heavy atom. The molecule has 0 spiro atoms. The molecule has 0 saturated heterocycles. The molecule has 0 heterocycles. The fourth-order valence-corrected chi connectivity index (χ4v) is 11.9. The first-order valence-corrected chi connectivity index (χ1v) is 43.1. The summed E-state index contributed by atoms with van der Waals surface area (Å²) in [6.07, 6.45) is 86.7. The van der Waals surface area contributed by atoms with Gasteiger partial charge in [0.2, 0.25) is 0 Å². The third kappa shape index (κ3) is 75.2. The highest BCUT2D eigenvalue weighted by Crippen LogP contribution is 2.45. The number of hydrogen-bond acceptors (Lipinski definition) is 15. The van der Waals surface area contributed by atoms with Gasteiger partial charge in [-0.05, 0) is 154 Å². The van der Waals surface area contributed by atoms with E-state index in [4.69, 9.17) is 37.0 Å². The van der Waals surface area contributed by atoms with Gasteiger partial charge < -0.3 is 33.8 Å². The van der Waals surface area contributed by atoms with Crippen molar-refractivity contribution < 1.29 is 80.2 Å². The van der Waals surface area contributed by atoms with Gasteiger partial charge in [-0.25, -0.2) is 9.13 Å². The molecule has 0 aliphatic heterocycles. The second kappa shape index (κ2) is 76.1. The van der Waals surface area contributed by atoms with Crippen molar-refractivity contribution in [3.05, 3.63) is 146 Å². The maximum absolute atomic E-state index is 13.1. The minimum Gasteiger partial charge on any atom is -0.462 e. The number of carbonyl (C=O) groups excluding carboxylic acids is 4. The molecule has 17 nitrogen and oxygen atoms in total. The number of allylic oxidation sites excluding steroid dienone is 24. The molecule has 0 aliphatic rings. The normalized spacial score (nSPS) is 14.6. The van der Waals surface area contributed by atoms with Crippen molar-refractivity contribution in [3.63, 3.8) is 0 Å². The molecule has 0 aliphatic carbocycles. The topological polar surface area (TPSA) is 237 Å². The highest BCUT2D eigenvalue weighted by atomic mass is 31.2. The Morgan fingerprint density at radius 1 is 0.269 bits per heavy atom. The van der Waals surface area contributed by atoms with Gasteiger partial charge in [-0.1, -0.05) is 276 Å². The van der Waals surface area contributed by atoms with Gasteiger partial charge in [0.25, 0.3) is 0 Å². The number of ether oxygens (including phenoxy) is 4. The average molecular weight is 1500 g/mol. The molecule has 5 atom stereocenters. The number of phosphoric ester groups is 2. The van der Waals surface area contributed by atoms with Gasteiger partial charge in [-0.15, -0.1) is 0 Å². The molecule has 0 bridgehead atoms. The first kappa shape index (κ1) is 98.9. The van der Waals surface area contributed by atoms with Gasteiger partial charge in [-0.3, -0.25) is 37.3 Å². The van der Waals surface area contributed by atoms with Gasteiger partial charge >= 0.3 is 39.5 Å². The molecule has 3 N–H and O–H groups in total. The average Bonchev–Trinajstić information content (AvgIpc) is 0.926. The summed E-state index contributed by atoms with van der Waals surface area (Å²) in [6, 6.07) is 0. The van der Waals surface area contributed by atoms with Crippen LogP contribution < -0.4 is 0 Å². The molecule has 0 saturated carbocycles. The molecule has 104 heavy (non-hydrogen) atoms. The number of esters is 4. The maximum atomic E-state index is 13.1. The molecule has 19 heteroatoms. The van der Waals surface area contributed by atoms with E-state index < -0.39 is 97.5 Å². The van der Waals surface area contributed by atoms with Crippen LogP contribution in [0.15, 0.2) is 146 Å². The van der Waals surface area contributed by atoms with Crippen LogP contribution in [0.3, 0.4) is 0 Å². The summed E-state index contributed by atoms with van der Waals surface area (Å²) in [5.41, 5.74) is 0. The van der Waals surface area contributed by atoms with Crippen molar-refractivity contribution in [1.29, 1.82) is 0 Å². The molecular weight excluding hydrogens is 1350 g/mol. The van der Waals surface area contributed by atoms with Crippen LogP contribution in [-0.4, -0.2) is 96.7 Å². The third-order valence-electron chi connectivity index (χ3n) is 16.3. The molecule has 0 rings (SSSR count). The van der Waals surface area contributed by atoms with E-state index in [1.807, 2.05) is 0 Å². The fraction of sp³-hybridized carbons (Fsp3) is 0.671. The predicted molar refractivity (Wildman–Crippen MR) is 427 cm³/mol. The Hall–Kier alpha value is -5.06. The summed E-state index contributed by atoms with van der Waals surface area (Å²) in [4.78, 5) is 73.1. The van der Waals surface area contributed by atoms with Gasteiger partial charge in [0.15, 0.2) is 12.2 Å². The molecule has 0 aromatic rings. The van der Waals surface area contributed by atoms with Crippen LogP contribution in [0.25, 0.3) is 0 Å². The molecule has 0 amide bonds. The van der Waals surface area contributed by atoms with Gasteiger partial charge in [-0.2, -0.15) is 0 Å². The molecule has 0 fully saturated rings. The van der Waals surface area contributed by atoms with Crippen LogP contribution in [0, 0.1) is 0 Å². The predicted octanol–water partition coefficient (Wildman–Crippen LogP) is 23.4. The van der Waals surface area contributed by atoms with E-state index in [0.717, 1.165) is 231 Å². The molecular formula is C85H142O17P2. The zero-order chi connectivity index (χ0) is 76.0. The highest BCUT2D eigenvalue weighted by molar-refractivity contribution is 7.47. The lowest BCUT2D eigenvalue weighted by Gasteiger charge is -2.21. The Labute approximate surface area is 630 Å². The number of aliphatic hydroxyl groups excluding tert-OH is 1. The Kier molecular flexibility index (Phi) is 72.4. The maximum Gasteiger partial charge on any atom is 0.472 e. The Bertz CT molecular complexity index is 2540. The summed E-state index contributed by atoms with van der Waals surface area (Å²) in [7, 11) is -9.98. The van der Waals surface area contributed by atoms with Crippen molar-refractivity contribution in [2.24, 2.45) is 0 Å². The highest BCUT2D eigenvalue weighted by Gasteiger charge is 2.30. The van der Waals surface area contributed by atoms with E-state index in [2.05, 4.69) is 174 Å². The van der Waals surface area contributed by atoms with E-state index in [-0.39, 0.29) is 25.7 Å². The zero-order valence-corrected chi connectivity index (χ0v) is 66.7. The second-order valence-corrected chi connectivity index (χ2v) is 29.1. The summed E-state index contributed by atoms with van der Waals surface area (Å²) < 4.78 is 68.6. The lowest BCUT2D eigenvalue weighted by Crippen LogP contribution is -2.30. The van der Waals surface area contributed by atoms with Crippen LogP contribution in [0.1, 0.15) is 310 Å². The quantitative estimate of drug-likeness (QED) is 0.0169. The van der Waals surface area contributed by atoms with E-state index in [9.17, 15) is 43.2 Å². The molecule has 5 unspecified atom stereocenters. The van der Waals surface area contributed by atoms with E-state index >= 15 is 0 Å². The van der Waals surface area contributed by atoms with Crippen LogP contribution in [0.4, 0.5) is 0 Å². The van der Waals surface area contributed by atoms with Crippen LogP contribution >= 0.6 is 15.6 Å². The minimum atomic E-state index is -4.99. The minimum absolute atomic E-state index is 0.0678. The Balaban J connectivity index is 5.41. The number of unbranched alkanes of at least 4 members (excludes halogenated alkanes) is 24. The number of phosphoric acid groups is 2. The largest absolute Gasteiger partial charge is 0.472 e. The van der Waals surface area contributed by atoms with Crippen molar-refractivity contribution in [3.8, 4) is 0 Å². The van der Waals surface area contributed by atoms with E-state index in [0.29, 0.717) is 25.7 Å². The van der Waals surface area contributed by atoms with Gasteiger partial charge in [0, 0.05) is 25.7 Å². The Morgan fingerprint density at radius 2 is 0.471 bits per heavy atom. The van der Waals surface area contributed by atoms with Gasteiger partial charge in [0.05, 0.1) is 26.4 Å². The smallest absolute Gasteiger partial charge is 0.462 e. The summed E-state index contributed by atoms with van der Waals surface area (Å²) in [5.74, 6) is -2.23. The molecule has 594 valence electrons. The summed E-state index contributed by atoms with van der Waals surface area (Å²) in [5, 5.41) is 10.6. The molecule has 0 aromatic heterocycles. The number of hydrogen-bond donors (Lipinski definition) is 3. The van der Waals surface area contributed by atoms with Crippen LogP contribution in [0.2, 0.25) is 0 Å². The standard InChI is InChI=1S/C85H142O17P2/c1-5-9-13-17-21-25-29-33-37-39-43-46-50-54-58-62-66-70-83(88)96-76-81(102-85(90)72-68-64-60-56-52-48-44-40-38-34-30-26-22-18-14-10-6-2)78-100-104(93,94)98-74-79(86)73-97-103(91,92)99-77-80(101-84(89)71-67-63-59-55-51-47-42-36-32-28-24-20-16-12-8-4)75-95-82(87)69-65-61-57-53-49-45-41-35-31-27-23-19-15-11-7-3/h9-16,21-28,33-38,41-42,79-81,86H,5-8,17-20,29-32,39-40,43-78H2,1-4H3,(H,91,92)(H,93,94)/b13-9-,14-10-,15-11-,16-12-,25-21-,26-22-,27-23-,28-24-,37-33-,38-34-,41-35-,42-36-. The lowest BCUT2D eigenvalue weighted by molar-refractivity contribution is -0.161. The summed E-state index contributed by atoms with van der Waals surface area (Å²) >= 11 is 0. The second-order valence-electron chi connectivity index (χ2n) is 26.2. The van der Waals surface area contributed by atoms with E-state index in [1.165, 1.54) is 0 Å². The number of carbonyl (C=O) groups is 4. The van der Waals surface area contributed by atoms with E-state index in [1.54, 1.807) is 0 Å². The third-order valence-corrected chi connectivity index (χ3v) is 18.2. The first-order chi connectivity index (χ1) is 50.7. The monoisotopic (exact) mass is 1500 g/mol. The zero-order valence-electron chi connectivity index (χ0n) is 64.9. The lowest BCUT2D eigenvalue weighted by atomic mass is 10.1. The van der Waals surface area contributed by atoms with Crippen LogP contribution in [-0.2, 0) is 65.4 Å². The van der Waals surface area contributed by atoms with Crippen molar-refractivity contribution in [1.82, 2.24) is 0 Å². The summed E-state index contributed by atoms with van der Waals surface area (Å²) in [6.45, 7) is 4.38. The van der Waals surface area contributed by atoms with Gasteiger partial charge in [0.1, 0.15) is 19.3 Å². The molecule has 0 radical (unpaired) electrons. The SMILES string of the molecule is CC/C=C\C/C=C\C/C=C\CCCCCCCCCC(=O)OCC(COP(=O)(O)OCC(O)COP(=O)(O)OCC(COC(=O)CCCCCCC/C=C\C/C=C\C/C=C\CC)OC(=O)CCCCCCC/C=C\C/C=C\C/C=C\CC)OC(=O)CCCCCCCCC/C=C\C/C=C\C/C=C\CC. The van der Waals surface area contributed by atoms with Crippen molar-refractivity contribution in [2.45, 2.75) is 329 Å². The fourth-order valence-electron chi connectivity index (χ4n) is 10.3. The van der Waals surface area contributed by atoms with Crippen molar-refractivity contribution >= 4 is 39.5 Å². The first-order valence-electron chi connectivity index (χ1n) is 40.1.